The molecule has 6 nitrogen and oxygen atoms in total. The number of fused-ring (bicyclic) bond motifs is 1. The maximum atomic E-state index is 12.4. The van der Waals surface area contributed by atoms with E-state index in [2.05, 4.69) is 10.1 Å². The Hall–Kier alpha value is -3.67. The van der Waals surface area contributed by atoms with Gasteiger partial charge < -0.3 is 14.5 Å². The van der Waals surface area contributed by atoms with E-state index in [0.717, 1.165) is 0 Å². The molecule has 0 bridgehead atoms. The molecule has 0 aliphatic carbocycles. The van der Waals surface area contributed by atoms with Crippen molar-refractivity contribution in [3.8, 4) is 0 Å². The third-order valence-electron chi connectivity index (χ3n) is 3.71. The summed E-state index contributed by atoms with van der Waals surface area (Å²) in [4.78, 5) is 36.2. The molecule has 0 aliphatic rings. The van der Waals surface area contributed by atoms with Gasteiger partial charge in [0.15, 0.2) is 5.43 Å². The molecule has 6 heteroatoms. The van der Waals surface area contributed by atoms with Crippen LogP contribution in [0.25, 0.3) is 17.0 Å². The molecule has 0 saturated heterocycles. The summed E-state index contributed by atoms with van der Waals surface area (Å²) in [7, 11) is 1.26. The van der Waals surface area contributed by atoms with Crippen molar-refractivity contribution in [3.63, 3.8) is 0 Å². The second-order valence-corrected chi connectivity index (χ2v) is 5.38. The van der Waals surface area contributed by atoms with Gasteiger partial charge in [0.1, 0.15) is 11.8 Å². The predicted molar refractivity (Wildman–Crippen MR) is 97.9 cm³/mol. The molecule has 26 heavy (non-hydrogen) atoms. The molecule has 0 radical (unpaired) electrons. The molecule has 1 aromatic heterocycles. The number of hydrogen-bond donors (Lipinski definition) is 1. The average Bonchev–Trinajstić information content (AvgIpc) is 2.67. The van der Waals surface area contributed by atoms with Crippen molar-refractivity contribution in [2.45, 2.75) is 0 Å². The molecule has 0 fully saturated rings. The number of carbonyl (C=O) groups is 2. The maximum Gasteiger partial charge on any atom is 0.339 e. The van der Waals surface area contributed by atoms with Gasteiger partial charge in [-0.05, 0) is 30.3 Å². The number of anilines is 1. The first-order valence-corrected chi connectivity index (χ1v) is 7.77. The molecule has 3 aromatic rings. The van der Waals surface area contributed by atoms with Gasteiger partial charge in [-0.1, -0.05) is 24.3 Å². The Morgan fingerprint density at radius 3 is 2.62 bits per heavy atom. The monoisotopic (exact) mass is 349 g/mol. The van der Waals surface area contributed by atoms with Crippen molar-refractivity contribution in [3.05, 3.63) is 82.2 Å². The standard InChI is InChI=1S/C20H15NO5/c1-25-20(24)14-6-2-4-8-16(14)21-18(22)11-10-13-12-26-17-9-5-3-7-15(17)19(13)23/h2-12H,1H3,(H,21,22)/b11-10+. The SMILES string of the molecule is COC(=O)c1ccccc1NC(=O)/C=C/c1coc2ccccc2c1=O. The fourth-order valence-electron chi connectivity index (χ4n) is 2.43. The number of benzene rings is 2. The summed E-state index contributed by atoms with van der Waals surface area (Å²) in [5, 5.41) is 3.03. The van der Waals surface area contributed by atoms with Gasteiger partial charge in [-0.15, -0.1) is 0 Å². The number of nitrogens with one attached hydrogen (secondary N) is 1. The Labute approximate surface area is 148 Å². The number of amides is 1. The Morgan fingerprint density at radius 2 is 1.81 bits per heavy atom. The molecule has 1 amide bonds. The van der Waals surface area contributed by atoms with E-state index in [0.29, 0.717) is 16.7 Å². The van der Waals surface area contributed by atoms with Gasteiger partial charge in [-0.3, -0.25) is 9.59 Å². The highest BCUT2D eigenvalue weighted by Crippen LogP contribution is 2.16. The lowest BCUT2D eigenvalue weighted by Crippen LogP contribution is -2.13. The fourth-order valence-corrected chi connectivity index (χ4v) is 2.43. The van der Waals surface area contributed by atoms with Crippen molar-refractivity contribution >= 4 is 34.6 Å². The second-order valence-electron chi connectivity index (χ2n) is 5.38. The molecule has 1 heterocycles. The van der Waals surface area contributed by atoms with Crippen molar-refractivity contribution < 1.29 is 18.7 Å². The second kappa shape index (κ2) is 7.48. The Kier molecular flexibility index (Phi) is 4.94. The highest BCUT2D eigenvalue weighted by molar-refractivity contribution is 6.06. The van der Waals surface area contributed by atoms with E-state index < -0.39 is 11.9 Å². The molecular weight excluding hydrogens is 334 g/mol. The summed E-state index contributed by atoms with van der Waals surface area (Å²) in [5.41, 5.74) is 1.05. The van der Waals surface area contributed by atoms with Crippen LogP contribution in [-0.4, -0.2) is 19.0 Å². The van der Waals surface area contributed by atoms with E-state index >= 15 is 0 Å². The van der Waals surface area contributed by atoms with Gasteiger partial charge in [-0.25, -0.2) is 4.79 Å². The minimum atomic E-state index is -0.556. The lowest BCUT2D eigenvalue weighted by atomic mass is 10.1. The van der Waals surface area contributed by atoms with Crippen LogP contribution in [0.4, 0.5) is 5.69 Å². The summed E-state index contributed by atoms with van der Waals surface area (Å²) < 4.78 is 10.1. The summed E-state index contributed by atoms with van der Waals surface area (Å²) in [6, 6.07) is 13.3. The normalized spacial score (nSPS) is 10.8. The van der Waals surface area contributed by atoms with Gasteiger partial charge in [0.2, 0.25) is 5.91 Å². The number of hydrogen-bond acceptors (Lipinski definition) is 5. The number of methoxy groups -OCH3 is 1. The van der Waals surface area contributed by atoms with Gasteiger partial charge >= 0.3 is 5.97 Å². The van der Waals surface area contributed by atoms with Crippen LogP contribution >= 0.6 is 0 Å². The van der Waals surface area contributed by atoms with Crippen molar-refractivity contribution in [1.29, 1.82) is 0 Å². The zero-order valence-electron chi connectivity index (χ0n) is 13.9. The van der Waals surface area contributed by atoms with Gasteiger partial charge in [-0.2, -0.15) is 0 Å². The van der Waals surface area contributed by atoms with Gasteiger partial charge in [0, 0.05) is 6.08 Å². The quantitative estimate of drug-likeness (QED) is 0.577. The van der Waals surface area contributed by atoms with E-state index in [9.17, 15) is 14.4 Å². The van der Waals surface area contributed by atoms with Gasteiger partial charge in [0.25, 0.3) is 0 Å². The van der Waals surface area contributed by atoms with Crippen LogP contribution in [-0.2, 0) is 9.53 Å². The summed E-state index contributed by atoms with van der Waals surface area (Å²) in [6.45, 7) is 0. The first-order valence-electron chi connectivity index (χ1n) is 7.77. The van der Waals surface area contributed by atoms with Crippen LogP contribution < -0.4 is 10.7 Å². The van der Waals surface area contributed by atoms with E-state index in [1.807, 2.05) is 0 Å². The zero-order valence-corrected chi connectivity index (χ0v) is 13.9. The molecular formula is C20H15NO5. The average molecular weight is 349 g/mol. The summed E-state index contributed by atoms with van der Waals surface area (Å²) >= 11 is 0. The van der Waals surface area contributed by atoms with Crippen LogP contribution in [0.3, 0.4) is 0 Å². The lowest BCUT2D eigenvalue weighted by Gasteiger charge is -2.07. The van der Waals surface area contributed by atoms with Crippen molar-refractivity contribution in [2.75, 3.05) is 12.4 Å². The van der Waals surface area contributed by atoms with E-state index in [1.165, 1.54) is 25.5 Å². The first-order chi connectivity index (χ1) is 12.6. The van der Waals surface area contributed by atoms with Crippen LogP contribution in [0, 0.1) is 0 Å². The molecule has 1 N–H and O–H groups in total. The first kappa shape index (κ1) is 17.2. The van der Waals surface area contributed by atoms with Gasteiger partial charge in [0.05, 0.1) is 29.3 Å². The molecule has 0 spiro atoms. The number of carbonyl (C=O) groups excluding carboxylic acids is 2. The smallest absolute Gasteiger partial charge is 0.339 e. The van der Waals surface area contributed by atoms with Crippen LogP contribution in [0.5, 0.6) is 0 Å². The minimum absolute atomic E-state index is 0.231. The van der Waals surface area contributed by atoms with E-state index in [1.54, 1.807) is 48.5 Å². The topological polar surface area (TPSA) is 85.6 Å². The predicted octanol–water partition coefficient (Wildman–Crippen LogP) is 3.23. The number of para-hydroxylation sites is 2. The van der Waals surface area contributed by atoms with E-state index in [-0.39, 0.29) is 16.6 Å². The summed E-state index contributed by atoms with van der Waals surface area (Å²) in [6.07, 6.45) is 3.88. The summed E-state index contributed by atoms with van der Waals surface area (Å²) in [5.74, 6) is -1.05. The van der Waals surface area contributed by atoms with Crippen molar-refractivity contribution in [1.82, 2.24) is 0 Å². The van der Waals surface area contributed by atoms with Crippen LogP contribution in [0.2, 0.25) is 0 Å². The highest BCUT2D eigenvalue weighted by Gasteiger charge is 2.12. The number of rotatable bonds is 4. The van der Waals surface area contributed by atoms with Crippen molar-refractivity contribution in [2.24, 2.45) is 0 Å². The third-order valence-corrected chi connectivity index (χ3v) is 3.71. The maximum absolute atomic E-state index is 12.4. The molecule has 0 atom stereocenters. The molecule has 130 valence electrons. The molecule has 0 unspecified atom stereocenters. The van der Waals surface area contributed by atoms with Crippen LogP contribution in [0.15, 0.2) is 70.1 Å². The highest BCUT2D eigenvalue weighted by atomic mass is 16.5. The lowest BCUT2D eigenvalue weighted by molar-refractivity contribution is -0.111. The largest absolute Gasteiger partial charge is 0.465 e. The molecule has 0 aliphatic heterocycles. The fraction of sp³-hybridized carbons (Fsp3) is 0.0500. The van der Waals surface area contributed by atoms with Crippen LogP contribution in [0.1, 0.15) is 15.9 Å². The Balaban J connectivity index is 1.82. The third kappa shape index (κ3) is 3.54. The Bertz CT molecular complexity index is 1060. The molecule has 0 saturated carbocycles. The number of ether oxygens (including phenoxy) is 1. The molecule has 2 aromatic carbocycles. The zero-order chi connectivity index (χ0) is 18.5. The minimum Gasteiger partial charge on any atom is -0.465 e. The van der Waals surface area contributed by atoms with E-state index in [4.69, 9.17) is 4.42 Å². The molecule has 3 rings (SSSR count). The Morgan fingerprint density at radius 1 is 1.08 bits per heavy atom. The number of esters is 1.